The zero-order valence-electron chi connectivity index (χ0n) is 16.6. The van der Waals surface area contributed by atoms with Gasteiger partial charge in [-0.3, -0.25) is 13.9 Å². The Bertz CT molecular complexity index is 1000. The molecule has 0 radical (unpaired) electrons. The molecule has 3 heterocycles. The number of hydrogen-bond acceptors (Lipinski definition) is 3. The molecule has 4 rings (SSSR count). The van der Waals surface area contributed by atoms with Crippen LogP contribution in [0.15, 0.2) is 36.6 Å². The van der Waals surface area contributed by atoms with Gasteiger partial charge in [-0.25, -0.2) is 9.97 Å². The molecule has 3 aromatic heterocycles. The van der Waals surface area contributed by atoms with Crippen molar-refractivity contribution in [3.63, 3.8) is 0 Å². The maximum Gasteiger partial charge on any atom is 0.220 e. The van der Waals surface area contributed by atoms with Gasteiger partial charge in [0, 0.05) is 25.5 Å². The number of hydrogen-bond donors (Lipinski definition) is 0. The highest BCUT2D eigenvalue weighted by Gasteiger charge is 2.23. The van der Waals surface area contributed by atoms with E-state index in [1.165, 1.54) is 31.5 Å². The van der Waals surface area contributed by atoms with Crippen LogP contribution in [0.4, 0.5) is 0 Å². The standard InChI is InChI=1S/C22H29N5/c1-5-16(3)13-26-21-19(11-8-12-23-21)27-20(17(4)24-22(26)27)15-25(6-2)14-18-9-7-10-18/h5,8,11-13,18H,1,6-7,9-10,14-15H2,2-4H3/b16-13+. The van der Waals surface area contributed by atoms with Crippen LogP contribution in [0.1, 0.15) is 44.5 Å². The first-order chi connectivity index (χ1) is 13.1. The minimum atomic E-state index is 0.870. The average molecular weight is 364 g/mol. The van der Waals surface area contributed by atoms with Crippen LogP contribution in [-0.4, -0.2) is 36.9 Å². The molecular formula is C22H29N5. The zero-order chi connectivity index (χ0) is 19.0. The maximum absolute atomic E-state index is 4.92. The number of imidazole rings is 2. The van der Waals surface area contributed by atoms with Crippen molar-refractivity contribution in [1.29, 1.82) is 0 Å². The summed E-state index contributed by atoms with van der Waals surface area (Å²) in [5.74, 6) is 1.80. The van der Waals surface area contributed by atoms with Crippen LogP contribution in [0.2, 0.25) is 0 Å². The van der Waals surface area contributed by atoms with Crippen LogP contribution in [-0.2, 0) is 6.54 Å². The van der Waals surface area contributed by atoms with E-state index >= 15 is 0 Å². The van der Waals surface area contributed by atoms with Crippen LogP contribution < -0.4 is 0 Å². The predicted octanol–water partition coefficient (Wildman–Crippen LogP) is 4.66. The van der Waals surface area contributed by atoms with Gasteiger partial charge >= 0.3 is 0 Å². The Morgan fingerprint density at radius 2 is 2.22 bits per heavy atom. The van der Waals surface area contributed by atoms with Gasteiger partial charge in [-0.2, -0.15) is 0 Å². The summed E-state index contributed by atoms with van der Waals surface area (Å²) in [4.78, 5) is 12.1. The molecule has 142 valence electrons. The van der Waals surface area contributed by atoms with Crippen LogP contribution in [0.5, 0.6) is 0 Å². The van der Waals surface area contributed by atoms with Crippen molar-refractivity contribution in [2.45, 2.75) is 46.6 Å². The summed E-state index contributed by atoms with van der Waals surface area (Å²) in [5.41, 5.74) is 5.50. The molecule has 1 aliphatic rings. The second kappa shape index (κ2) is 7.31. The zero-order valence-corrected chi connectivity index (χ0v) is 16.6. The van der Waals surface area contributed by atoms with E-state index in [0.717, 1.165) is 47.2 Å². The topological polar surface area (TPSA) is 38.4 Å². The number of fused-ring (bicyclic) bond motifs is 3. The smallest absolute Gasteiger partial charge is 0.220 e. The molecule has 0 aromatic carbocycles. The Morgan fingerprint density at radius 3 is 2.89 bits per heavy atom. The van der Waals surface area contributed by atoms with Crippen molar-refractivity contribution in [2.75, 3.05) is 13.1 Å². The molecule has 1 saturated carbocycles. The van der Waals surface area contributed by atoms with Gasteiger partial charge in [0.1, 0.15) is 0 Å². The molecule has 0 amide bonds. The maximum atomic E-state index is 4.92. The summed E-state index contributed by atoms with van der Waals surface area (Å²) in [5, 5.41) is 0. The van der Waals surface area contributed by atoms with E-state index in [4.69, 9.17) is 4.98 Å². The van der Waals surface area contributed by atoms with E-state index in [-0.39, 0.29) is 0 Å². The van der Waals surface area contributed by atoms with Gasteiger partial charge in [-0.15, -0.1) is 0 Å². The molecule has 0 spiro atoms. The highest BCUT2D eigenvalue weighted by Crippen LogP contribution is 2.29. The van der Waals surface area contributed by atoms with Gasteiger partial charge in [0.2, 0.25) is 5.78 Å². The Hall–Kier alpha value is -2.40. The molecule has 0 aliphatic heterocycles. The molecule has 1 fully saturated rings. The number of aromatic nitrogens is 4. The minimum absolute atomic E-state index is 0.870. The monoisotopic (exact) mass is 363 g/mol. The van der Waals surface area contributed by atoms with Gasteiger partial charge < -0.3 is 0 Å². The van der Waals surface area contributed by atoms with Crippen LogP contribution >= 0.6 is 0 Å². The van der Waals surface area contributed by atoms with Crippen molar-refractivity contribution in [3.8, 4) is 0 Å². The third-order valence-electron chi connectivity index (χ3n) is 5.82. The summed E-state index contributed by atoms with van der Waals surface area (Å²) in [6, 6.07) is 4.14. The summed E-state index contributed by atoms with van der Waals surface area (Å²) in [7, 11) is 0. The largest absolute Gasteiger partial charge is 0.298 e. The van der Waals surface area contributed by atoms with Crippen molar-refractivity contribution < 1.29 is 0 Å². The Morgan fingerprint density at radius 1 is 1.41 bits per heavy atom. The van der Waals surface area contributed by atoms with Crippen molar-refractivity contribution in [1.82, 2.24) is 23.8 Å². The fourth-order valence-corrected chi connectivity index (χ4v) is 3.92. The lowest BCUT2D eigenvalue weighted by Gasteiger charge is -2.31. The van der Waals surface area contributed by atoms with E-state index in [0.29, 0.717) is 0 Å². The molecular weight excluding hydrogens is 334 g/mol. The fourth-order valence-electron chi connectivity index (χ4n) is 3.92. The lowest BCUT2D eigenvalue weighted by Crippen LogP contribution is -2.32. The van der Waals surface area contributed by atoms with Crippen LogP contribution in [0.3, 0.4) is 0 Å². The van der Waals surface area contributed by atoms with Gasteiger partial charge in [0.05, 0.1) is 16.9 Å². The highest BCUT2D eigenvalue weighted by molar-refractivity contribution is 5.81. The minimum Gasteiger partial charge on any atom is -0.298 e. The molecule has 0 unspecified atom stereocenters. The van der Waals surface area contributed by atoms with Gasteiger partial charge in [0.25, 0.3) is 0 Å². The molecule has 0 bridgehead atoms. The lowest BCUT2D eigenvalue weighted by atomic mass is 9.85. The van der Waals surface area contributed by atoms with E-state index in [2.05, 4.69) is 51.5 Å². The molecule has 27 heavy (non-hydrogen) atoms. The summed E-state index contributed by atoms with van der Waals surface area (Å²) in [6.45, 7) is 13.5. The first-order valence-electron chi connectivity index (χ1n) is 9.98. The Kier molecular flexibility index (Phi) is 4.87. The quantitative estimate of drug-likeness (QED) is 0.573. The molecule has 0 saturated heterocycles. The van der Waals surface area contributed by atoms with Crippen molar-refractivity contribution in [3.05, 3.63) is 47.9 Å². The Balaban J connectivity index is 1.82. The molecule has 5 heteroatoms. The highest BCUT2D eigenvalue weighted by atomic mass is 15.2. The third kappa shape index (κ3) is 3.21. The third-order valence-corrected chi connectivity index (χ3v) is 5.82. The SMILES string of the molecule is C=C/C(C)=C/n1c2ncccc2n2c(CN(CC)CC3CCC3)c(C)nc12. The second-order valence-electron chi connectivity index (χ2n) is 7.70. The van der Waals surface area contributed by atoms with E-state index in [1.54, 1.807) is 0 Å². The number of rotatable bonds is 7. The van der Waals surface area contributed by atoms with E-state index in [9.17, 15) is 0 Å². The van der Waals surface area contributed by atoms with Gasteiger partial charge in [-0.05, 0) is 56.9 Å². The van der Waals surface area contributed by atoms with Crippen molar-refractivity contribution in [2.24, 2.45) is 5.92 Å². The van der Waals surface area contributed by atoms with E-state index in [1.807, 2.05) is 25.3 Å². The van der Waals surface area contributed by atoms with Crippen molar-refractivity contribution >= 4 is 23.1 Å². The molecule has 1 aliphatic carbocycles. The second-order valence-corrected chi connectivity index (χ2v) is 7.70. The summed E-state index contributed by atoms with van der Waals surface area (Å²) in [6.07, 6.45) is 9.93. The average Bonchev–Trinajstić information content (AvgIpc) is 3.11. The first-order valence-corrected chi connectivity index (χ1v) is 9.98. The summed E-state index contributed by atoms with van der Waals surface area (Å²) < 4.78 is 4.37. The number of allylic oxidation sites excluding steroid dienone is 2. The lowest BCUT2D eigenvalue weighted by molar-refractivity contribution is 0.176. The molecule has 5 nitrogen and oxygen atoms in total. The normalized spacial score (nSPS) is 15.8. The van der Waals surface area contributed by atoms with Gasteiger partial charge in [-0.1, -0.05) is 26.0 Å². The number of nitrogens with zero attached hydrogens (tertiary/aromatic N) is 5. The van der Waals surface area contributed by atoms with Gasteiger partial charge in [0.15, 0.2) is 5.65 Å². The first kappa shape index (κ1) is 18.0. The fraction of sp³-hybridized carbons (Fsp3) is 0.455. The summed E-state index contributed by atoms with van der Waals surface area (Å²) >= 11 is 0. The number of pyridine rings is 1. The van der Waals surface area contributed by atoms with Crippen LogP contribution in [0.25, 0.3) is 23.1 Å². The number of aryl methyl sites for hydroxylation is 1. The molecule has 3 aromatic rings. The van der Waals surface area contributed by atoms with Crippen LogP contribution in [0, 0.1) is 12.8 Å². The van der Waals surface area contributed by atoms with E-state index < -0.39 is 0 Å². The predicted molar refractivity (Wildman–Crippen MR) is 112 cm³/mol. The Labute approximate surface area is 161 Å². The molecule has 0 N–H and O–H groups in total. The molecule has 0 atom stereocenters.